The molecule has 1 amide bonds. The maximum absolute atomic E-state index is 12.7. The van der Waals surface area contributed by atoms with Crippen molar-refractivity contribution in [1.29, 1.82) is 0 Å². The average molecular weight is 480 g/mol. The van der Waals surface area contributed by atoms with E-state index in [1.807, 2.05) is 32.2 Å². The van der Waals surface area contributed by atoms with Crippen molar-refractivity contribution in [2.45, 2.75) is 53.5 Å². The van der Waals surface area contributed by atoms with Gasteiger partial charge in [-0.25, -0.2) is 0 Å². The van der Waals surface area contributed by atoms with Crippen LogP contribution in [0.2, 0.25) is 0 Å². The van der Waals surface area contributed by atoms with E-state index in [1.165, 1.54) is 0 Å². The maximum atomic E-state index is 12.7. The zero-order valence-electron chi connectivity index (χ0n) is 18.0. The Labute approximate surface area is 185 Å². The lowest BCUT2D eigenvalue weighted by Gasteiger charge is -2.31. The summed E-state index contributed by atoms with van der Waals surface area (Å²) in [5, 5.41) is 17.7. The molecule has 30 heavy (non-hydrogen) atoms. The van der Waals surface area contributed by atoms with Crippen LogP contribution in [0.1, 0.15) is 47.0 Å². The summed E-state index contributed by atoms with van der Waals surface area (Å²) in [7, 11) is 0. The van der Waals surface area contributed by atoms with Gasteiger partial charge in [0.15, 0.2) is 0 Å². The van der Waals surface area contributed by atoms with Crippen molar-refractivity contribution in [2.24, 2.45) is 11.3 Å². The first kappa shape index (κ1) is 24.0. The van der Waals surface area contributed by atoms with Gasteiger partial charge in [-0.1, -0.05) is 19.1 Å². The van der Waals surface area contributed by atoms with Crippen LogP contribution in [0.4, 0.5) is 0 Å². The fourth-order valence-corrected chi connectivity index (χ4v) is 3.24. The van der Waals surface area contributed by atoms with Gasteiger partial charge in [0.25, 0.3) is 0 Å². The molecule has 0 radical (unpaired) electrons. The van der Waals surface area contributed by atoms with E-state index < -0.39 is 11.4 Å². The molecule has 0 atom stereocenters. The molecular formula is C21H30BrN5O3. The number of aromatic nitrogens is 4. The fraction of sp³-hybridized carbons (Fsp3) is 0.571. The number of aliphatic carboxylic acids is 1. The third kappa shape index (κ3) is 7.19. The van der Waals surface area contributed by atoms with Crippen molar-refractivity contribution in [2.75, 3.05) is 13.1 Å². The minimum Gasteiger partial charge on any atom is -0.481 e. The topological polar surface area (TPSA) is 101 Å². The van der Waals surface area contributed by atoms with Crippen LogP contribution in [-0.4, -0.2) is 55.0 Å². The molecule has 2 heterocycles. The Morgan fingerprint density at radius 3 is 2.57 bits per heavy atom. The van der Waals surface area contributed by atoms with E-state index in [9.17, 15) is 14.7 Å². The molecule has 0 saturated heterocycles. The first-order valence-corrected chi connectivity index (χ1v) is 10.9. The lowest BCUT2D eigenvalue weighted by Crippen LogP contribution is -2.44. The Hall–Kier alpha value is -2.29. The van der Waals surface area contributed by atoms with E-state index in [-0.39, 0.29) is 18.4 Å². The van der Waals surface area contributed by atoms with E-state index in [2.05, 4.69) is 31.2 Å². The molecule has 0 aliphatic heterocycles. The standard InChI is InChI=1S/C21H30BrN5O3/c1-15(2)12-26(14-21(3,4)20(29)30)19(28)7-5-6-10-27-13-18(24-25-27)17-9-8-16(22)11-23-17/h8-9,11,13,15H,5-7,10,12,14H2,1-4H3,(H,29,30). The van der Waals surface area contributed by atoms with Crippen LogP contribution >= 0.6 is 15.9 Å². The van der Waals surface area contributed by atoms with Crippen LogP contribution in [0.5, 0.6) is 0 Å². The van der Waals surface area contributed by atoms with E-state index in [0.717, 1.165) is 16.6 Å². The Morgan fingerprint density at radius 1 is 1.23 bits per heavy atom. The second-order valence-electron chi connectivity index (χ2n) is 8.54. The number of amides is 1. The molecule has 9 heteroatoms. The van der Waals surface area contributed by atoms with E-state index >= 15 is 0 Å². The zero-order chi connectivity index (χ0) is 22.3. The van der Waals surface area contributed by atoms with Crippen molar-refractivity contribution in [3.05, 3.63) is 29.0 Å². The van der Waals surface area contributed by atoms with E-state index in [1.54, 1.807) is 29.6 Å². The largest absolute Gasteiger partial charge is 0.481 e. The van der Waals surface area contributed by atoms with E-state index in [4.69, 9.17) is 0 Å². The molecular weight excluding hydrogens is 450 g/mol. The fourth-order valence-electron chi connectivity index (χ4n) is 3.00. The van der Waals surface area contributed by atoms with Crippen molar-refractivity contribution >= 4 is 27.8 Å². The lowest BCUT2D eigenvalue weighted by molar-refractivity contribution is -0.149. The number of halogens is 1. The van der Waals surface area contributed by atoms with Gasteiger partial charge in [0, 0.05) is 36.7 Å². The van der Waals surface area contributed by atoms with Crippen LogP contribution in [-0.2, 0) is 16.1 Å². The molecule has 2 aromatic heterocycles. The Bertz CT molecular complexity index is 849. The SMILES string of the molecule is CC(C)CN(CC(C)(C)C(=O)O)C(=O)CCCCn1cc(-c2ccc(Br)cn2)nn1. The van der Waals surface area contributed by atoms with Gasteiger partial charge < -0.3 is 10.0 Å². The van der Waals surface area contributed by atoms with Crippen LogP contribution in [0.3, 0.4) is 0 Å². The third-order valence-electron chi connectivity index (χ3n) is 4.66. The number of rotatable bonds is 11. The predicted octanol–water partition coefficient (Wildman–Crippen LogP) is 3.87. The van der Waals surface area contributed by atoms with Crippen molar-refractivity contribution in [3.8, 4) is 11.4 Å². The molecule has 164 valence electrons. The summed E-state index contributed by atoms with van der Waals surface area (Å²) in [5.74, 6) is -0.623. The lowest BCUT2D eigenvalue weighted by atomic mass is 9.92. The van der Waals surface area contributed by atoms with Crippen LogP contribution < -0.4 is 0 Å². The smallest absolute Gasteiger partial charge is 0.310 e. The predicted molar refractivity (Wildman–Crippen MR) is 118 cm³/mol. The summed E-state index contributed by atoms with van der Waals surface area (Å²) in [6, 6.07) is 3.78. The highest BCUT2D eigenvalue weighted by molar-refractivity contribution is 9.10. The van der Waals surface area contributed by atoms with Crippen molar-refractivity contribution < 1.29 is 14.7 Å². The number of aryl methyl sites for hydroxylation is 1. The minimum atomic E-state index is -0.970. The molecule has 0 spiro atoms. The summed E-state index contributed by atoms with van der Waals surface area (Å²) in [6.07, 6.45) is 5.43. The molecule has 0 saturated carbocycles. The van der Waals surface area contributed by atoms with Gasteiger partial charge in [-0.05, 0) is 60.7 Å². The van der Waals surface area contributed by atoms with Gasteiger partial charge in [-0.2, -0.15) is 0 Å². The normalized spacial score (nSPS) is 11.7. The minimum absolute atomic E-state index is 0.00336. The highest BCUT2D eigenvalue weighted by atomic mass is 79.9. The molecule has 0 aliphatic rings. The average Bonchev–Trinajstić information content (AvgIpc) is 3.13. The van der Waals surface area contributed by atoms with Crippen LogP contribution in [0.15, 0.2) is 29.0 Å². The molecule has 0 aliphatic carbocycles. The number of nitrogens with zero attached hydrogens (tertiary/aromatic N) is 5. The van der Waals surface area contributed by atoms with Crippen molar-refractivity contribution in [3.63, 3.8) is 0 Å². The summed E-state index contributed by atoms with van der Waals surface area (Å²) < 4.78 is 2.66. The number of pyridine rings is 1. The number of carbonyl (C=O) groups excluding carboxylic acids is 1. The summed E-state index contributed by atoms with van der Waals surface area (Å²) in [4.78, 5) is 30.1. The summed E-state index contributed by atoms with van der Waals surface area (Å²) in [6.45, 7) is 8.78. The quantitative estimate of drug-likeness (QED) is 0.490. The van der Waals surface area contributed by atoms with Gasteiger partial charge in [0.2, 0.25) is 5.91 Å². The first-order chi connectivity index (χ1) is 14.1. The second kappa shape index (κ2) is 10.7. The number of unbranched alkanes of at least 4 members (excludes halogenated alkanes) is 1. The molecule has 2 rings (SSSR count). The molecule has 0 unspecified atom stereocenters. The van der Waals surface area contributed by atoms with Gasteiger partial charge >= 0.3 is 5.97 Å². The monoisotopic (exact) mass is 479 g/mol. The zero-order valence-corrected chi connectivity index (χ0v) is 19.6. The molecule has 0 bridgehead atoms. The van der Waals surface area contributed by atoms with Gasteiger partial charge in [0.1, 0.15) is 5.69 Å². The molecule has 1 N–H and O–H groups in total. The maximum Gasteiger partial charge on any atom is 0.310 e. The van der Waals surface area contributed by atoms with Gasteiger partial charge in [0.05, 0.1) is 17.3 Å². The summed E-state index contributed by atoms with van der Waals surface area (Å²) in [5.41, 5.74) is 0.491. The number of carboxylic acid groups (broad SMARTS) is 1. The van der Waals surface area contributed by atoms with Crippen molar-refractivity contribution in [1.82, 2.24) is 24.9 Å². The number of carboxylic acids is 1. The highest BCUT2D eigenvalue weighted by Crippen LogP contribution is 2.20. The molecule has 8 nitrogen and oxygen atoms in total. The number of carbonyl (C=O) groups is 2. The Balaban J connectivity index is 1.85. The molecule has 0 fully saturated rings. The highest BCUT2D eigenvalue weighted by Gasteiger charge is 2.31. The molecule has 0 aromatic carbocycles. The Kier molecular flexibility index (Phi) is 8.52. The van der Waals surface area contributed by atoms with Crippen LogP contribution in [0, 0.1) is 11.3 Å². The second-order valence-corrected chi connectivity index (χ2v) is 9.46. The van der Waals surface area contributed by atoms with Gasteiger partial charge in [-0.3, -0.25) is 19.3 Å². The van der Waals surface area contributed by atoms with Gasteiger partial charge in [-0.15, -0.1) is 5.10 Å². The number of hydrogen-bond acceptors (Lipinski definition) is 5. The molecule has 2 aromatic rings. The van der Waals surface area contributed by atoms with E-state index in [0.29, 0.717) is 31.6 Å². The Morgan fingerprint density at radius 2 is 1.97 bits per heavy atom. The number of hydrogen-bond donors (Lipinski definition) is 1. The summed E-state index contributed by atoms with van der Waals surface area (Å²) >= 11 is 3.36. The first-order valence-electron chi connectivity index (χ1n) is 10.1. The third-order valence-corrected chi connectivity index (χ3v) is 5.13. The van der Waals surface area contributed by atoms with Crippen LogP contribution in [0.25, 0.3) is 11.4 Å².